The molecular weight excluding hydrogens is 404 g/mol. The highest BCUT2D eigenvalue weighted by atomic mass is 35.5. The summed E-state index contributed by atoms with van der Waals surface area (Å²) in [6.07, 6.45) is 1.22. The molecule has 0 unspecified atom stereocenters. The number of aromatic nitrogens is 2. The maximum Gasteiger partial charge on any atom is 0.407 e. The molecule has 0 saturated carbocycles. The lowest BCUT2D eigenvalue weighted by Crippen LogP contribution is -2.35. The van der Waals surface area contributed by atoms with Crippen LogP contribution in [0, 0.1) is 0 Å². The van der Waals surface area contributed by atoms with Crippen LogP contribution in [0.5, 0.6) is 0 Å². The van der Waals surface area contributed by atoms with Gasteiger partial charge < -0.3 is 15.4 Å². The first-order valence-corrected chi connectivity index (χ1v) is 10.0. The quantitative estimate of drug-likeness (QED) is 0.537. The molecule has 0 radical (unpaired) electrons. The lowest BCUT2D eigenvalue weighted by Gasteiger charge is -2.07. The predicted octanol–water partition coefficient (Wildman–Crippen LogP) is 3.73. The Hall–Kier alpha value is -3.32. The molecular formula is C22H23ClN4O3. The van der Waals surface area contributed by atoms with Gasteiger partial charge in [0.25, 0.3) is 5.91 Å². The van der Waals surface area contributed by atoms with Crippen LogP contribution < -0.4 is 10.6 Å². The zero-order valence-corrected chi connectivity index (χ0v) is 17.4. The summed E-state index contributed by atoms with van der Waals surface area (Å²) >= 11 is 6.00. The number of amides is 2. The second kappa shape index (κ2) is 10.5. The first kappa shape index (κ1) is 21.4. The molecule has 156 valence electrons. The van der Waals surface area contributed by atoms with Gasteiger partial charge >= 0.3 is 6.09 Å². The van der Waals surface area contributed by atoms with E-state index in [1.54, 1.807) is 29.9 Å². The SMILES string of the molecule is CCOC(=O)NCCNC(=O)c1cn(Cc2ccccc2)nc1-c1ccc(Cl)cc1. The molecule has 8 heteroatoms. The van der Waals surface area contributed by atoms with Crippen LogP contribution >= 0.6 is 11.6 Å². The van der Waals surface area contributed by atoms with Gasteiger partial charge in [-0.15, -0.1) is 0 Å². The molecule has 2 aromatic carbocycles. The van der Waals surface area contributed by atoms with Crippen molar-refractivity contribution in [2.75, 3.05) is 19.7 Å². The second-order valence-corrected chi connectivity index (χ2v) is 6.92. The lowest BCUT2D eigenvalue weighted by molar-refractivity contribution is 0.0952. The summed E-state index contributed by atoms with van der Waals surface area (Å²) in [6.45, 7) is 3.09. The fraction of sp³-hybridized carbons (Fsp3) is 0.227. The maximum atomic E-state index is 12.8. The summed E-state index contributed by atoms with van der Waals surface area (Å²) < 4.78 is 6.53. The summed E-state index contributed by atoms with van der Waals surface area (Å²) in [7, 11) is 0. The Morgan fingerprint density at radius 3 is 2.43 bits per heavy atom. The normalized spacial score (nSPS) is 10.5. The first-order chi connectivity index (χ1) is 14.6. The number of carbonyl (C=O) groups is 2. The molecule has 0 atom stereocenters. The maximum absolute atomic E-state index is 12.8. The number of rotatable bonds is 8. The van der Waals surface area contributed by atoms with Gasteiger partial charge in [0.15, 0.2) is 0 Å². The van der Waals surface area contributed by atoms with Gasteiger partial charge in [-0.1, -0.05) is 54.1 Å². The fourth-order valence-corrected chi connectivity index (χ4v) is 3.00. The number of carbonyl (C=O) groups excluding carboxylic acids is 2. The molecule has 3 aromatic rings. The number of benzene rings is 2. The number of ether oxygens (including phenoxy) is 1. The van der Waals surface area contributed by atoms with E-state index in [0.29, 0.717) is 29.4 Å². The van der Waals surface area contributed by atoms with Crippen molar-refractivity contribution in [3.63, 3.8) is 0 Å². The molecule has 30 heavy (non-hydrogen) atoms. The van der Waals surface area contributed by atoms with Gasteiger partial charge in [-0.2, -0.15) is 5.10 Å². The number of hydrogen-bond donors (Lipinski definition) is 2. The lowest BCUT2D eigenvalue weighted by atomic mass is 10.1. The van der Waals surface area contributed by atoms with Crippen LogP contribution in [0.1, 0.15) is 22.8 Å². The molecule has 0 aliphatic heterocycles. The highest BCUT2D eigenvalue weighted by Gasteiger charge is 2.18. The van der Waals surface area contributed by atoms with E-state index >= 15 is 0 Å². The van der Waals surface area contributed by atoms with E-state index < -0.39 is 6.09 Å². The summed E-state index contributed by atoms with van der Waals surface area (Å²) in [5, 5.41) is 10.6. The van der Waals surface area contributed by atoms with Crippen molar-refractivity contribution in [2.24, 2.45) is 0 Å². The summed E-state index contributed by atoms with van der Waals surface area (Å²) in [5.41, 5.74) is 2.89. The van der Waals surface area contributed by atoms with E-state index in [2.05, 4.69) is 15.7 Å². The van der Waals surface area contributed by atoms with E-state index in [0.717, 1.165) is 11.1 Å². The summed E-state index contributed by atoms with van der Waals surface area (Å²) in [6, 6.07) is 17.1. The molecule has 0 bridgehead atoms. The smallest absolute Gasteiger partial charge is 0.407 e. The third-order valence-electron chi connectivity index (χ3n) is 4.27. The van der Waals surface area contributed by atoms with Crippen molar-refractivity contribution in [3.8, 4) is 11.3 Å². The number of nitrogens with zero attached hydrogens (tertiary/aromatic N) is 2. The van der Waals surface area contributed by atoms with Gasteiger partial charge in [0.1, 0.15) is 5.69 Å². The Bertz CT molecular complexity index is 987. The molecule has 0 fully saturated rings. The van der Waals surface area contributed by atoms with E-state index in [1.165, 1.54) is 0 Å². The van der Waals surface area contributed by atoms with Gasteiger partial charge in [0, 0.05) is 29.9 Å². The van der Waals surface area contributed by atoms with Crippen molar-refractivity contribution >= 4 is 23.6 Å². The molecule has 0 aliphatic rings. The molecule has 0 saturated heterocycles. The van der Waals surface area contributed by atoms with Crippen molar-refractivity contribution in [1.29, 1.82) is 0 Å². The van der Waals surface area contributed by atoms with E-state index in [1.807, 2.05) is 42.5 Å². The van der Waals surface area contributed by atoms with Crippen LogP contribution in [0.15, 0.2) is 60.8 Å². The Labute approximate surface area is 180 Å². The average Bonchev–Trinajstić information content (AvgIpc) is 3.16. The standard InChI is InChI=1S/C22H23ClN4O3/c1-2-30-22(29)25-13-12-24-21(28)19-15-27(14-16-6-4-3-5-7-16)26-20(19)17-8-10-18(23)11-9-17/h3-11,15H,2,12-14H2,1H3,(H,24,28)(H,25,29). The Morgan fingerprint density at radius 2 is 1.73 bits per heavy atom. The fourth-order valence-electron chi connectivity index (χ4n) is 2.88. The Morgan fingerprint density at radius 1 is 1.03 bits per heavy atom. The largest absolute Gasteiger partial charge is 0.450 e. The minimum absolute atomic E-state index is 0.263. The molecule has 3 rings (SSSR count). The van der Waals surface area contributed by atoms with Crippen LogP contribution in [0.25, 0.3) is 11.3 Å². The molecule has 0 aliphatic carbocycles. The number of alkyl carbamates (subject to hydrolysis) is 1. The van der Waals surface area contributed by atoms with Crippen molar-refractivity contribution < 1.29 is 14.3 Å². The van der Waals surface area contributed by atoms with Crippen LogP contribution in [-0.2, 0) is 11.3 Å². The van der Waals surface area contributed by atoms with Gasteiger partial charge in [-0.05, 0) is 24.6 Å². The number of halogens is 1. The summed E-state index contributed by atoms with van der Waals surface area (Å²) in [4.78, 5) is 24.1. The van der Waals surface area contributed by atoms with Gasteiger partial charge in [0.2, 0.25) is 0 Å². The minimum Gasteiger partial charge on any atom is -0.450 e. The highest BCUT2D eigenvalue weighted by molar-refractivity contribution is 6.30. The van der Waals surface area contributed by atoms with E-state index in [-0.39, 0.29) is 19.0 Å². The van der Waals surface area contributed by atoms with Crippen molar-refractivity contribution in [2.45, 2.75) is 13.5 Å². The number of nitrogens with one attached hydrogen (secondary N) is 2. The molecule has 2 N–H and O–H groups in total. The van der Waals surface area contributed by atoms with Gasteiger partial charge in [-0.25, -0.2) is 4.79 Å². The first-order valence-electron chi connectivity index (χ1n) is 9.63. The van der Waals surface area contributed by atoms with Crippen molar-refractivity contribution in [1.82, 2.24) is 20.4 Å². The van der Waals surface area contributed by atoms with Crippen LogP contribution in [-0.4, -0.2) is 41.5 Å². The highest BCUT2D eigenvalue weighted by Crippen LogP contribution is 2.24. The van der Waals surface area contributed by atoms with E-state index in [9.17, 15) is 9.59 Å². The monoisotopic (exact) mass is 426 g/mol. The average molecular weight is 427 g/mol. The predicted molar refractivity (Wildman–Crippen MR) is 116 cm³/mol. The molecule has 7 nitrogen and oxygen atoms in total. The topological polar surface area (TPSA) is 85.3 Å². The Kier molecular flexibility index (Phi) is 7.45. The zero-order valence-electron chi connectivity index (χ0n) is 16.6. The minimum atomic E-state index is -0.510. The van der Waals surface area contributed by atoms with Crippen molar-refractivity contribution in [3.05, 3.63) is 76.9 Å². The van der Waals surface area contributed by atoms with Gasteiger partial charge in [0.05, 0.1) is 18.7 Å². The third-order valence-corrected chi connectivity index (χ3v) is 4.52. The third kappa shape index (κ3) is 5.84. The Balaban J connectivity index is 1.76. The molecule has 1 aromatic heterocycles. The van der Waals surface area contributed by atoms with E-state index in [4.69, 9.17) is 16.3 Å². The summed E-state index contributed by atoms with van der Waals surface area (Å²) in [5.74, 6) is -0.273. The molecule has 1 heterocycles. The van der Waals surface area contributed by atoms with Crippen LogP contribution in [0.4, 0.5) is 4.79 Å². The molecule has 2 amide bonds. The second-order valence-electron chi connectivity index (χ2n) is 6.48. The van der Waals surface area contributed by atoms with Gasteiger partial charge in [-0.3, -0.25) is 9.48 Å². The number of hydrogen-bond acceptors (Lipinski definition) is 4. The van der Waals surface area contributed by atoms with Crippen LogP contribution in [0.3, 0.4) is 0 Å². The molecule has 0 spiro atoms. The van der Waals surface area contributed by atoms with Crippen LogP contribution in [0.2, 0.25) is 5.02 Å². The zero-order chi connectivity index (χ0) is 21.3.